The van der Waals surface area contributed by atoms with Crippen molar-refractivity contribution in [3.8, 4) is 0 Å². The van der Waals surface area contributed by atoms with E-state index in [2.05, 4.69) is 6.58 Å². The lowest BCUT2D eigenvalue weighted by molar-refractivity contribution is -0.140. The Morgan fingerprint density at radius 2 is 1.58 bits per heavy atom. The topological polar surface area (TPSA) is 74.8 Å². The summed E-state index contributed by atoms with van der Waals surface area (Å²) in [6.45, 7) is 3.95. The molecule has 6 heteroatoms. The summed E-state index contributed by atoms with van der Waals surface area (Å²) in [4.78, 5) is 52.3. The second-order valence-corrected chi connectivity index (χ2v) is 7.39. The summed E-state index contributed by atoms with van der Waals surface area (Å²) in [5.74, 6) is -2.33. The van der Waals surface area contributed by atoms with E-state index in [4.69, 9.17) is 0 Å². The monoisotopic (exact) mass is 328 g/mol. The highest BCUT2D eigenvalue weighted by Gasteiger charge is 2.63. The molecule has 24 heavy (non-hydrogen) atoms. The maximum Gasteiger partial charge on any atom is 0.234 e. The third-order valence-corrected chi connectivity index (χ3v) is 6.56. The first kappa shape index (κ1) is 15.3. The van der Waals surface area contributed by atoms with Gasteiger partial charge in [0.2, 0.25) is 23.6 Å². The van der Waals surface area contributed by atoms with E-state index < -0.39 is 17.3 Å². The molecule has 4 amide bonds. The van der Waals surface area contributed by atoms with Crippen LogP contribution in [0.2, 0.25) is 0 Å². The minimum absolute atomic E-state index is 0.142. The second kappa shape index (κ2) is 4.65. The van der Waals surface area contributed by atoms with Crippen LogP contribution >= 0.6 is 0 Å². The molecule has 4 rings (SSSR count). The predicted octanol–water partition coefficient (Wildman–Crippen LogP) is 0.745. The van der Waals surface area contributed by atoms with Crippen LogP contribution in [0.4, 0.5) is 0 Å². The number of carbonyl (C=O) groups excluding carboxylic acids is 4. The third kappa shape index (κ3) is 1.56. The average molecular weight is 328 g/mol. The maximum atomic E-state index is 12.7. The molecule has 2 heterocycles. The Morgan fingerprint density at radius 3 is 2.25 bits per heavy atom. The lowest BCUT2D eigenvalue weighted by Gasteiger charge is -2.47. The average Bonchev–Trinajstić information content (AvgIpc) is 2.94. The zero-order valence-corrected chi connectivity index (χ0v) is 13.8. The van der Waals surface area contributed by atoms with Crippen LogP contribution in [0.1, 0.15) is 19.3 Å². The van der Waals surface area contributed by atoms with Gasteiger partial charge in [-0.2, -0.15) is 0 Å². The van der Waals surface area contributed by atoms with E-state index in [1.807, 2.05) is 6.08 Å². The van der Waals surface area contributed by atoms with Gasteiger partial charge in [0, 0.05) is 19.5 Å². The molecule has 1 saturated carbocycles. The largest absolute Gasteiger partial charge is 0.285 e. The van der Waals surface area contributed by atoms with Gasteiger partial charge in [0.05, 0.1) is 23.7 Å². The highest BCUT2D eigenvalue weighted by molar-refractivity contribution is 6.07. The summed E-state index contributed by atoms with van der Waals surface area (Å²) in [5, 5.41) is 0. The lowest BCUT2D eigenvalue weighted by Crippen LogP contribution is -2.47. The summed E-state index contributed by atoms with van der Waals surface area (Å²) < 4.78 is 0. The molecular weight excluding hydrogens is 308 g/mol. The van der Waals surface area contributed by atoms with Crippen LogP contribution in [0.15, 0.2) is 24.3 Å². The van der Waals surface area contributed by atoms with E-state index in [-0.39, 0.29) is 35.5 Å². The molecule has 0 aromatic heterocycles. The Balaban J connectivity index is 1.82. The number of carbonyl (C=O) groups is 4. The number of allylic oxidation sites excluding steroid dienone is 3. The van der Waals surface area contributed by atoms with Gasteiger partial charge >= 0.3 is 0 Å². The van der Waals surface area contributed by atoms with Gasteiger partial charge in [0.25, 0.3) is 0 Å². The summed E-state index contributed by atoms with van der Waals surface area (Å²) in [6.07, 6.45) is 5.11. The fourth-order valence-electron chi connectivity index (χ4n) is 5.24. The maximum absolute atomic E-state index is 12.7. The minimum atomic E-state index is -0.692. The molecule has 2 saturated heterocycles. The highest BCUT2D eigenvalue weighted by Crippen LogP contribution is 2.60. The van der Waals surface area contributed by atoms with Crippen molar-refractivity contribution in [3.63, 3.8) is 0 Å². The number of hydrogen-bond acceptors (Lipinski definition) is 4. The van der Waals surface area contributed by atoms with E-state index in [9.17, 15) is 19.2 Å². The molecule has 6 nitrogen and oxygen atoms in total. The predicted molar refractivity (Wildman–Crippen MR) is 84.1 cm³/mol. The molecule has 2 aliphatic heterocycles. The number of amides is 4. The molecule has 0 bridgehead atoms. The van der Waals surface area contributed by atoms with Crippen LogP contribution in [-0.2, 0) is 19.2 Å². The van der Waals surface area contributed by atoms with E-state index in [1.54, 1.807) is 6.08 Å². The van der Waals surface area contributed by atoms with Crippen molar-refractivity contribution < 1.29 is 19.2 Å². The molecule has 0 radical (unpaired) electrons. The zero-order valence-electron chi connectivity index (χ0n) is 13.8. The molecule has 0 aromatic rings. The normalized spacial score (nSPS) is 41.2. The fraction of sp³-hybridized carbons (Fsp3) is 0.556. The van der Waals surface area contributed by atoms with Crippen molar-refractivity contribution in [2.24, 2.45) is 29.1 Å². The van der Waals surface area contributed by atoms with Crippen molar-refractivity contribution >= 4 is 23.6 Å². The first-order valence-corrected chi connectivity index (χ1v) is 8.29. The van der Waals surface area contributed by atoms with Gasteiger partial charge < -0.3 is 0 Å². The smallest absolute Gasteiger partial charge is 0.234 e. The summed E-state index contributed by atoms with van der Waals surface area (Å²) in [7, 11) is 3.03. The molecule has 0 unspecified atom stereocenters. The Labute approximate surface area is 140 Å². The van der Waals surface area contributed by atoms with Crippen molar-refractivity contribution in [3.05, 3.63) is 24.3 Å². The van der Waals surface area contributed by atoms with Crippen molar-refractivity contribution in [1.29, 1.82) is 0 Å². The first-order valence-electron chi connectivity index (χ1n) is 8.29. The Kier molecular flexibility index (Phi) is 2.96. The molecule has 4 aliphatic rings. The van der Waals surface area contributed by atoms with Gasteiger partial charge in [0.1, 0.15) is 0 Å². The number of nitrogens with zero attached hydrogens (tertiary/aromatic N) is 2. The van der Waals surface area contributed by atoms with Crippen LogP contribution in [0.25, 0.3) is 0 Å². The lowest BCUT2D eigenvalue weighted by atomic mass is 9.53. The molecule has 0 spiro atoms. The fourth-order valence-corrected chi connectivity index (χ4v) is 5.24. The summed E-state index contributed by atoms with van der Waals surface area (Å²) in [6, 6.07) is 0. The third-order valence-electron chi connectivity index (χ3n) is 6.56. The molecule has 2 aliphatic carbocycles. The standard InChI is InChI=1S/C18H20N2O4/c1-4-18-8-12-11(15(22)19(2)16(12)23)7-9(18)5-6-10-13(18)17(24)20(3)14(10)21/h4-5,10-13H,1,6-8H2,2-3H3/t10-,11-,12+,13+,18+/m1/s1. The quantitative estimate of drug-likeness (QED) is 0.526. The minimum Gasteiger partial charge on any atom is -0.285 e. The summed E-state index contributed by atoms with van der Waals surface area (Å²) in [5.41, 5.74) is 0.302. The Hall–Kier alpha value is -2.24. The second-order valence-electron chi connectivity index (χ2n) is 7.39. The van der Waals surface area contributed by atoms with Gasteiger partial charge in [-0.1, -0.05) is 17.7 Å². The number of likely N-dealkylation sites (tertiary alicyclic amines) is 2. The number of rotatable bonds is 1. The SMILES string of the molecule is C=C[C@]12C[C@@H]3C(=O)N(C)C(=O)[C@@H]3CC1=CC[C@H]1C(=O)N(C)C(=O)[C@H]12. The van der Waals surface area contributed by atoms with Gasteiger partial charge in [-0.05, 0) is 19.3 Å². The van der Waals surface area contributed by atoms with E-state index in [1.165, 1.54) is 23.9 Å². The van der Waals surface area contributed by atoms with Crippen LogP contribution in [0, 0.1) is 29.1 Å². The van der Waals surface area contributed by atoms with Crippen molar-refractivity contribution in [2.75, 3.05) is 14.1 Å². The molecule has 0 aromatic carbocycles. The molecule has 0 N–H and O–H groups in total. The van der Waals surface area contributed by atoms with Gasteiger partial charge in [-0.15, -0.1) is 6.58 Å². The van der Waals surface area contributed by atoms with E-state index in [0.717, 1.165) is 5.57 Å². The van der Waals surface area contributed by atoms with Gasteiger partial charge in [-0.25, -0.2) is 0 Å². The van der Waals surface area contributed by atoms with E-state index >= 15 is 0 Å². The highest BCUT2D eigenvalue weighted by atomic mass is 16.2. The van der Waals surface area contributed by atoms with E-state index in [0.29, 0.717) is 19.3 Å². The van der Waals surface area contributed by atoms with Crippen LogP contribution < -0.4 is 0 Å². The Bertz CT molecular complexity index is 739. The Morgan fingerprint density at radius 1 is 1.00 bits per heavy atom. The summed E-state index contributed by atoms with van der Waals surface area (Å²) >= 11 is 0. The number of fused-ring (bicyclic) bond motifs is 4. The number of hydrogen-bond donors (Lipinski definition) is 0. The molecular formula is C18H20N2O4. The van der Waals surface area contributed by atoms with Crippen LogP contribution in [-0.4, -0.2) is 47.5 Å². The first-order chi connectivity index (χ1) is 11.3. The molecule has 3 fully saturated rings. The van der Waals surface area contributed by atoms with Crippen LogP contribution in [0.3, 0.4) is 0 Å². The molecule has 126 valence electrons. The van der Waals surface area contributed by atoms with Gasteiger partial charge in [-0.3, -0.25) is 29.0 Å². The van der Waals surface area contributed by atoms with Crippen molar-refractivity contribution in [1.82, 2.24) is 9.80 Å². The van der Waals surface area contributed by atoms with Gasteiger partial charge in [0.15, 0.2) is 0 Å². The zero-order chi connectivity index (χ0) is 17.4. The van der Waals surface area contributed by atoms with Crippen molar-refractivity contribution in [2.45, 2.75) is 19.3 Å². The number of imide groups is 2. The van der Waals surface area contributed by atoms with Crippen LogP contribution in [0.5, 0.6) is 0 Å². The molecule has 5 atom stereocenters.